The molecule has 11 heteroatoms. The molecule has 49 heavy (non-hydrogen) atoms. The molecule has 2 N–H and O–H groups in total. The molecule has 4 rings (SSSR count). The second kappa shape index (κ2) is 16.2. The van der Waals surface area contributed by atoms with E-state index >= 15 is 0 Å². The van der Waals surface area contributed by atoms with Gasteiger partial charge in [0.2, 0.25) is 11.8 Å². The zero-order valence-corrected chi connectivity index (χ0v) is 30.4. The number of cyclic esters (lactones) is 2. The quantitative estimate of drug-likeness (QED) is 0.264. The Kier molecular flexibility index (Phi) is 12.5. The van der Waals surface area contributed by atoms with E-state index in [-0.39, 0.29) is 49.9 Å². The van der Waals surface area contributed by atoms with Gasteiger partial charge in [0.25, 0.3) is 0 Å². The number of halogens is 1. The van der Waals surface area contributed by atoms with Crippen LogP contribution in [0.15, 0.2) is 48.6 Å². The number of ether oxygens (including phenoxy) is 4. The molecule has 0 unspecified atom stereocenters. The molecular weight excluding hydrogens is 648 g/mol. The first-order chi connectivity index (χ1) is 23.1. The zero-order chi connectivity index (χ0) is 36.0. The number of carbonyl (C=O) groups excluding carboxylic acids is 4. The van der Waals surface area contributed by atoms with E-state index in [0.717, 1.165) is 11.1 Å². The van der Waals surface area contributed by atoms with Gasteiger partial charge in [-0.15, -0.1) is 0 Å². The van der Waals surface area contributed by atoms with Crippen molar-refractivity contribution >= 4 is 35.4 Å². The van der Waals surface area contributed by atoms with E-state index in [1.54, 1.807) is 38.1 Å². The number of epoxide rings is 1. The highest BCUT2D eigenvalue weighted by Gasteiger charge is 2.48. The standard InChI is InChI=1S/C38H49ClN2O8/c1-21(2)16-31-36(44)47-29(24(5)33-34(49-33)26-14-12-22(3)23(4)17-26)10-9-11-32(42)41-28(19-25-13-15-30(46-8)27(39)18-25)35(43)40-20-38(6,7)37(45)48-31/h9,11-15,17-18,21,24,28-29,31,33-34H,10,16,19-20H2,1-8H3,(H,40,43)(H,41,42)/b11-9+/t24-,28+,29-,31-,33+,34+/m0/s1. The summed E-state index contributed by atoms with van der Waals surface area (Å²) in [7, 11) is 1.51. The summed E-state index contributed by atoms with van der Waals surface area (Å²) in [4.78, 5) is 53.8. The number of nitrogens with one attached hydrogen (secondary N) is 2. The van der Waals surface area contributed by atoms with Crippen molar-refractivity contribution in [3.8, 4) is 5.75 Å². The van der Waals surface area contributed by atoms with Crippen LogP contribution in [0.25, 0.3) is 0 Å². The predicted octanol–water partition coefficient (Wildman–Crippen LogP) is 5.74. The maximum atomic E-state index is 13.7. The monoisotopic (exact) mass is 696 g/mol. The van der Waals surface area contributed by atoms with Crippen molar-refractivity contribution < 1.29 is 38.1 Å². The van der Waals surface area contributed by atoms with E-state index in [1.165, 1.54) is 18.7 Å². The molecule has 2 heterocycles. The molecule has 0 aromatic heterocycles. The molecule has 0 bridgehead atoms. The lowest BCUT2D eigenvalue weighted by atomic mass is 9.92. The van der Waals surface area contributed by atoms with E-state index < -0.39 is 47.4 Å². The van der Waals surface area contributed by atoms with Gasteiger partial charge in [0, 0.05) is 25.3 Å². The van der Waals surface area contributed by atoms with E-state index in [4.69, 9.17) is 30.5 Å². The number of methoxy groups -OCH3 is 1. The lowest BCUT2D eigenvalue weighted by molar-refractivity contribution is -0.179. The molecule has 2 aromatic carbocycles. The number of rotatable bonds is 8. The van der Waals surface area contributed by atoms with Crippen LogP contribution in [0.3, 0.4) is 0 Å². The highest BCUT2D eigenvalue weighted by molar-refractivity contribution is 6.32. The predicted molar refractivity (Wildman–Crippen MR) is 186 cm³/mol. The summed E-state index contributed by atoms with van der Waals surface area (Å²) in [5.41, 5.74) is 2.89. The Morgan fingerprint density at radius 3 is 2.39 bits per heavy atom. The van der Waals surface area contributed by atoms with Crippen molar-refractivity contribution in [2.45, 2.75) is 98.2 Å². The Balaban J connectivity index is 1.62. The summed E-state index contributed by atoms with van der Waals surface area (Å²) in [6, 6.07) is 10.4. The van der Waals surface area contributed by atoms with Crippen molar-refractivity contribution in [2.24, 2.45) is 17.3 Å². The van der Waals surface area contributed by atoms with Gasteiger partial charge in [0.15, 0.2) is 6.10 Å². The summed E-state index contributed by atoms with van der Waals surface area (Å²) < 4.78 is 23.2. The average Bonchev–Trinajstić information content (AvgIpc) is 3.84. The molecule has 0 radical (unpaired) electrons. The molecule has 2 aliphatic rings. The van der Waals surface area contributed by atoms with Crippen LogP contribution in [0.4, 0.5) is 0 Å². The van der Waals surface area contributed by atoms with E-state index in [9.17, 15) is 19.2 Å². The molecule has 1 fully saturated rings. The second-order valence-corrected chi connectivity index (χ2v) is 14.6. The number of benzene rings is 2. The van der Waals surface area contributed by atoms with Gasteiger partial charge in [-0.25, -0.2) is 4.79 Å². The molecule has 1 saturated heterocycles. The Morgan fingerprint density at radius 2 is 1.73 bits per heavy atom. The maximum absolute atomic E-state index is 13.7. The molecular formula is C38H49ClN2O8. The van der Waals surface area contributed by atoms with Gasteiger partial charge < -0.3 is 29.6 Å². The zero-order valence-electron chi connectivity index (χ0n) is 29.6. The second-order valence-electron chi connectivity index (χ2n) is 14.2. The highest BCUT2D eigenvalue weighted by Crippen LogP contribution is 2.45. The number of carbonyl (C=O) groups is 4. The topological polar surface area (TPSA) is 133 Å². The SMILES string of the molecule is COc1ccc(C[C@H]2NC(=O)/C=C/C[C@@H]([C@H](C)[C@H]3O[C@@H]3c3ccc(C)c(C)c3)OC(=O)[C@H](CC(C)C)OC(=O)C(C)(C)CNC2=O)cc1Cl. The molecule has 0 saturated carbocycles. The third-order valence-electron chi connectivity index (χ3n) is 9.14. The van der Waals surface area contributed by atoms with Gasteiger partial charge in [-0.3, -0.25) is 14.4 Å². The molecule has 0 aliphatic carbocycles. The van der Waals surface area contributed by atoms with Gasteiger partial charge >= 0.3 is 11.9 Å². The third kappa shape index (κ3) is 10.1. The van der Waals surface area contributed by atoms with Crippen molar-refractivity contribution in [2.75, 3.05) is 13.7 Å². The van der Waals surface area contributed by atoms with Gasteiger partial charge in [-0.1, -0.05) is 62.7 Å². The van der Waals surface area contributed by atoms with Gasteiger partial charge in [-0.2, -0.15) is 0 Å². The summed E-state index contributed by atoms with van der Waals surface area (Å²) in [6.45, 7) is 13.1. The molecule has 266 valence electrons. The number of hydrogen-bond donors (Lipinski definition) is 2. The van der Waals surface area contributed by atoms with Crippen LogP contribution < -0.4 is 15.4 Å². The van der Waals surface area contributed by atoms with Crippen LogP contribution in [-0.4, -0.2) is 61.8 Å². The molecule has 2 aliphatic heterocycles. The molecule has 2 amide bonds. The first-order valence-corrected chi connectivity index (χ1v) is 17.2. The number of hydrogen-bond acceptors (Lipinski definition) is 8. The Bertz CT molecular complexity index is 1570. The fourth-order valence-electron chi connectivity index (χ4n) is 5.76. The molecule has 2 aromatic rings. The van der Waals surface area contributed by atoms with Gasteiger partial charge in [0.05, 0.1) is 23.7 Å². The fraction of sp³-hybridized carbons (Fsp3) is 0.526. The van der Waals surface area contributed by atoms with Gasteiger partial charge in [0.1, 0.15) is 24.0 Å². The Morgan fingerprint density at radius 1 is 1.00 bits per heavy atom. The van der Waals surface area contributed by atoms with E-state index in [2.05, 4.69) is 36.6 Å². The minimum absolute atomic E-state index is 0.0198. The van der Waals surface area contributed by atoms with Crippen LogP contribution >= 0.6 is 11.6 Å². The Hall–Kier alpha value is -3.89. The highest BCUT2D eigenvalue weighted by atomic mass is 35.5. The normalized spacial score (nSPS) is 26.2. The van der Waals surface area contributed by atoms with Crippen LogP contribution in [-0.2, 0) is 39.8 Å². The van der Waals surface area contributed by atoms with Crippen molar-refractivity contribution in [1.82, 2.24) is 10.6 Å². The molecule has 0 spiro atoms. The summed E-state index contributed by atoms with van der Waals surface area (Å²) >= 11 is 6.33. The van der Waals surface area contributed by atoms with E-state index in [0.29, 0.717) is 16.3 Å². The maximum Gasteiger partial charge on any atom is 0.347 e. The molecule has 6 atom stereocenters. The van der Waals surface area contributed by atoms with Gasteiger partial charge in [-0.05, 0) is 80.5 Å². The van der Waals surface area contributed by atoms with Crippen LogP contribution in [0.2, 0.25) is 5.02 Å². The largest absolute Gasteiger partial charge is 0.495 e. The number of aryl methyl sites for hydroxylation is 2. The van der Waals surface area contributed by atoms with Crippen LogP contribution in [0.5, 0.6) is 5.75 Å². The number of amides is 2. The average molecular weight is 697 g/mol. The lowest BCUT2D eigenvalue weighted by Gasteiger charge is -2.29. The first-order valence-electron chi connectivity index (χ1n) is 16.8. The van der Waals surface area contributed by atoms with Crippen molar-refractivity contribution in [3.63, 3.8) is 0 Å². The minimum atomic E-state index is -1.20. The summed E-state index contributed by atoms with van der Waals surface area (Å²) in [6.07, 6.45) is 1.32. The lowest BCUT2D eigenvalue weighted by Crippen LogP contribution is -2.51. The van der Waals surface area contributed by atoms with E-state index in [1.807, 2.05) is 26.8 Å². The fourth-order valence-corrected chi connectivity index (χ4v) is 6.04. The van der Waals surface area contributed by atoms with Crippen LogP contribution in [0.1, 0.15) is 75.8 Å². The Labute approximate surface area is 294 Å². The van der Waals surface area contributed by atoms with Crippen LogP contribution in [0, 0.1) is 31.1 Å². The summed E-state index contributed by atoms with van der Waals surface area (Å²) in [5.74, 6) is -2.07. The minimum Gasteiger partial charge on any atom is -0.495 e. The smallest absolute Gasteiger partial charge is 0.347 e. The summed E-state index contributed by atoms with van der Waals surface area (Å²) in [5, 5.41) is 5.93. The third-order valence-corrected chi connectivity index (χ3v) is 9.43. The molecule has 10 nitrogen and oxygen atoms in total. The number of esters is 2. The van der Waals surface area contributed by atoms with Crippen molar-refractivity contribution in [3.05, 3.63) is 75.8 Å². The van der Waals surface area contributed by atoms with Crippen molar-refractivity contribution in [1.29, 1.82) is 0 Å². The first kappa shape index (κ1) is 37.9.